The van der Waals surface area contributed by atoms with E-state index in [9.17, 15) is 9.90 Å². The van der Waals surface area contributed by atoms with Gasteiger partial charge in [0.15, 0.2) is 0 Å². The molecule has 0 aromatic heterocycles. The maximum Gasteiger partial charge on any atom is 0.320 e. The largest absolute Gasteiger partial charge is 0.507 e. The zero-order chi connectivity index (χ0) is 18.0. The number of rotatable bonds is 5. The van der Waals surface area contributed by atoms with E-state index in [-0.39, 0.29) is 12.2 Å². The number of nitrogens with two attached hydrogens (primary N) is 1. The molecule has 2 aromatic carbocycles. The fraction of sp³-hybridized carbons (Fsp3) is 0.235. The van der Waals surface area contributed by atoms with Crippen LogP contribution in [0, 0.1) is 21.0 Å². The highest BCUT2D eigenvalue weighted by atomic mass is 127. The first-order valence-electron chi connectivity index (χ1n) is 7.13. The minimum absolute atomic E-state index is 0.257. The van der Waals surface area contributed by atoms with E-state index in [0.717, 1.165) is 23.8 Å². The Bertz CT molecular complexity index is 746. The van der Waals surface area contributed by atoms with Gasteiger partial charge in [-0.1, -0.05) is 6.07 Å². The van der Waals surface area contributed by atoms with Gasteiger partial charge in [0.25, 0.3) is 0 Å². The predicted octanol–water partition coefficient (Wildman–Crippen LogP) is 3.96. The number of carboxylic acid groups (broad SMARTS) is 1. The number of hydrogen-bond acceptors (Lipinski definition) is 4. The van der Waals surface area contributed by atoms with E-state index in [0.29, 0.717) is 11.5 Å². The van der Waals surface area contributed by atoms with Crippen LogP contribution in [0.4, 0.5) is 0 Å². The zero-order valence-corrected chi connectivity index (χ0v) is 17.5. The number of aromatic hydroxyl groups is 1. The van der Waals surface area contributed by atoms with Crippen LogP contribution in [0.5, 0.6) is 17.2 Å². The van der Waals surface area contributed by atoms with Crippen molar-refractivity contribution in [2.24, 2.45) is 5.73 Å². The molecule has 0 spiro atoms. The number of halogens is 2. The van der Waals surface area contributed by atoms with Gasteiger partial charge in [-0.15, -0.1) is 0 Å². The molecule has 1 atom stereocenters. The number of aryl methyl sites for hydroxylation is 2. The monoisotopic (exact) mass is 553 g/mol. The lowest BCUT2D eigenvalue weighted by Gasteiger charge is -2.15. The van der Waals surface area contributed by atoms with E-state index >= 15 is 0 Å². The number of carbonyl (C=O) groups is 1. The summed E-state index contributed by atoms with van der Waals surface area (Å²) in [5, 5.41) is 18.8. The van der Waals surface area contributed by atoms with Crippen molar-refractivity contribution >= 4 is 51.2 Å². The van der Waals surface area contributed by atoms with E-state index in [1.807, 2.05) is 26.0 Å². The molecule has 5 nitrogen and oxygen atoms in total. The van der Waals surface area contributed by atoms with Crippen molar-refractivity contribution in [2.45, 2.75) is 26.3 Å². The second-order valence-corrected chi connectivity index (χ2v) is 7.87. The molecule has 2 rings (SSSR count). The van der Waals surface area contributed by atoms with Crippen LogP contribution in [0.3, 0.4) is 0 Å². The van der Waals surface area contributed by atoms with Crippen LogP contribution in [0.15, 0.2) is 24.3 Å². The summed E-state index contributed by atoms with van der Waals surface area (Å²) in [4.78, 5) is 10.9. The molecule has 7 heteroatoms. The Morgan fingerprint density at radius 3 is 2.38 bits per heavy atom. The number of phenolic OH excluding ortho intramolecular Hbond substituents is 1. The first kappa shape index (κ1) is 19.3. The third-order valence-electron chi connectivity index (χ3n) is 3.51. The zero-order valence-electron chi connectivity index (χ0n) is 13.1. The van der Waals surface area contributed by atoms with Gasteiger partial charge in [0.2, 0.25) is 0 Å². The van der Waals surface area contributed by atoms with Crippen LogP contribution in [0.25, 0.3) is 0 Å². The first-order chi connectivity index (χ1) is 11.2. The molecule has 0 heterocycles. The fourth-order valence-electron chi connectivity index (χ4n) is 2.27. The number of benzene rings is 2. The Balaban J connectivity index is 2.30. The Morgan fingerprint density at radius 2 is 1.83 bits per heavy atom. The van der Waals surface area contributed by atoms with E-state index in [2.05, 4.69) is 45.2 Å². The Hall–Kier alpha value is -1.07. The molecule has 0 radical (unpaired) electrons. The van der Waals surface area contributed by atoms with Gasteiger partial charge < -0.3 is 20.7 Å². The number of carboxylic acids is 1. The molecule has 0 bridgehead atoms. The van der Waals surface area contributed by atoms with Crippen LogP contribution >= 0.6 is 45.2 Å². The normalized spacial score (nSPS) is 12.0. The van der Waals surface area contributed by atoms with Gasteiger partial charge in [-0.3, -0.25) is 4.79 Å². The number of hydrogen-bond donors (Lipinski definition) is 3. The van der Waals surface area contributed by atoms with Crippen molar-refractivity contribution in [3.05, 3.63) is 48.1 Å². The van der Waals surface area contributed by atoms with Crippen LogP contribution in [0.1, 0.15) is 16.7 Å². The Labute approximate surface area is 167 Å². The molecular weight excluding hydrogens is 536 g/mol. The lowest BCUT2D eigenvalue weighted by atomic mass is 10.0. The summed E-state index contributed by atoms with van der Waals surface area (Å²) in [6, 6.07) is 6.39. The molecule has 0 aliphatic heterocycles. The molecule has 128 valence electrons. The Morgan fingerprint density at radius 1 is 1.17 bits per heavy atom. The number of aliphatic carboxylic acids is 1. The Kier molecular flexibility index (Phi) is 6.32. The highest BCUT2D eigenvalue weighted by Gasteiger charge is 2.16. The summed E-state index contributed by atoms with van der Waals surface area (Å²) in [5.74, 6) is 0.597. The first-order valence-corrected chi connectivity index (χ1v) is 9.29. The SMILES string of the molecule is Cc1cc(Oc2c(C)cc(C[C@H](N)C(=O)O)cc2I)cc(I)c1O. The summed E-state index contributed by atoms with van der Waals surface area (Å²) in [5.41, 5.74) is 8.10. The summed E-state index contributed by atoms with van der Waals surface area (Å²) >= 11 is 4.22. The van der Waals surface area contributed by atoms with Crippen LogP contribution < -0.4 is 10.5 Å². The molecule has 0 saturated carbocycles. The average molecular weight is 553 g/mol. The van der Waals surface area contributed by atoms with E-state index in [1.54, 1.807) is 12.1 Å². The van der Waals surface area contributed by atoms with E-state index in [1.165, 1.54) is 0 Å². The van der Waals surface area contributed by atoms with E-state index < -0.39 is 12.0 Å². The van der Waals surface area contributed by atoms with E-state index in [4.69, 9.17) is 15.6 Å². The molecule has 0 amide bonds. The average Bonchev–Trinajstić information content (AvgIpc) is 2.48. The molecule has 0 aliphatic rings. The topological polar surface area (TPSA) is 92.8 Å². The minimum atomic E-state index is -1.02. The lowest BCUT2D eigenvalue weighted by Crippen LogP contribution is -2.32. The van der Waals surface area contributed by atoms with Gasteiger partial charge in [0.05, 0.1) is 7.14 Å². The lowest BCUT2D eigenvalue weighted by molar-refractivity contribution is -0.138. The molecule has 4 N–H and O–H groups in total. The third kappa shape index (κ3) is 4.51. The highest BCUT2D eigenvalue weighted by Crippen LogP contribution is 2.35. The molecule has 0 aliphatic carbocycles. The van der Waals surface area contributed by atoms with Gasteiger partial charge in [-0.25, -0.2) is 0 Å². The summed E-state index contributed by atoms with van der Waals surface area (Å²) in [6.45, 7) is 3.73. The number of phenols is 1. The third-order valence-corrected chi connectivity index (χ3v) is 5.13. The van der Waals surface area contributed by atoms with Gasteiger partial charge in [-0.05, 0) is 100 Å². The van der Waals surface area contributed by atoms with Crippen molar-refractivity contribution < 1.29 is 19.7 Å². The van der Waals surface area contributed by atoms with Crippen molar-refractivity contribution in [1.82, 2.24) is 0 Å². The maximum atomic E-state index is 10.9. The van der Waals surface area contributed by atoms with Gasteiger partial charge in [0, 0.05) is 0 Å². The van der Waals surface area contributed by atoms with Crippen LogP contribution in [-0.4, -0.2) is 22.2 Å². The van der Waals surface area contributed by atoms with Crippen molar-refractivity contribution in [2.75, 3.05) is 0 Å². The predicted molar refractivity (Wildman–Crippen MR) is 109 cm³/mol. The van der Waals surface area contributed by atoms with Gasteiger partial charge in [-0.2, -0.15) is 0 Å². The molecule has 2 aromatic rings. The van der Waals surface area contributed by atoms with Crippen molar-refractivity contribution in [3.8, 4) is 17.2 Å². The molecular formula is C17H17I2NO4. The van der Waals surface area contributed by atoms with Crippen LogP contribution in [-0.2, 0) is 11.2 Å². The van der Waals surface area contributed by atoms with Gasteiger partial charge >= 0.3 is 5.97 Å². The second-order valence-electron chi connectivity index (χ2n) is 5.55. The summed E-state index contributed by atoms with van der Waals surface area (Å²) in [6.07, 6.45) is 0.267. The van der Waals surface area contributed by atoms with Gasteiger partial charge in [0.1, 0.15) is 23.3 Å². The molecule has 0 fully saturated rings. The molecule has 0 unspecified atom stereocenters. The highest BCUT2D eigenvalue weighted by molar-refractivity contribution is 14.1. The number of ether oxygens (including phenoxy) is 1. The maximum absolute atomic E-state index is 10.9. The van der Waals surface area contributed by atoms with Crippen molar-refractivity contribution in [1.29, 1.82) is 0 Å². The minimum Gasteiger partial charge on any atom is -0.507 e. The summed E-state index contributed by atoms with van der Waals surface area (Å²) in [7, 11) is 0. The standard InChI is InChI=1S/C17H17I2NO4/c1-8-4-11(7-12(18)15(8)21)24-16-9(2)3-10(5-13(16)19)6-14(20)17(22)23/h3-5,7,14,21H,6,20H2,1-2H3,(H,22,23)/t14-/m0/s1. The van der Waals surface area contributed by atoms with Crippen LogP contribution in [0.2, 0.25) is 0 Å². The quantitative estimate of drug-likeness (QED) is 0.488. The smallest absolute Gasteiger partial charge is 0.320 e. The summed E-state index contributed by atoms with van der Waals surface area (Å²) < 4.78 is 7.59. The molecule has 0 saturated heterocycles. The van der Waals surface area contributed by atoms with Crippen molar-refractivity contribution in [3.63, 3.8) is 0 Å². The molecule has 24 heavy (non-hydrogen) atoms. The second kappa shape index (κ2) is 7.87. The fourth-order valence-corrected chi connectivity index (χ4v) is 3.94.